The summed E-state index contributed by atoms with van der Waals surface area (Å²) in [6.07, 6.45) is 2.96. The van der Waals surface area contributed by atoms with E-state index in [0.717, 1.165) is 32.5 Å². The second-order valence-electron chi connectivity index (χ2n) is 2.41. The summed E-state index contributed by atoms with van der Waals surface area (Å²) in [6.45, 7) is 2.33. The summed E-state index contributed by atoms with van der Waals surface area (Å²) in [5.41, 5.74) is 0. The Kier molecular flexibility index (Phi) is 1.93. The zero-order chi connectivity index (χ0) is 6.32. The third-order valence-electron chi connectivity index (χ3n) is 1.62. The van der Waals surface area contributed by atoms with Crippen LogP contribution in [0.2, 0.25) is 5.32 Å². The van der Waals surface area contributed by atoms with Gasteiger partial charge in [-0.05, 0) is 0 Å². The Morgan fingerprint density at radius 2 is 2.56 bits per heavy atom. The molecule has 0 spiro atoms. The van der Waals surface area contributed by atoms with E-state index >= 15 is 0 Å². The van der Waals surface area contributed by atoms with Gasteiger partial charge in [-0.3, -0.25) is 0 Å². The van der Waals surface area contributed by atoms with Crippen LogP contribution in [0, 0.1) is 0 Å². The van der Waals surface area contributed by atoms with Gasteiger partial charge in [-0.2, -0.15) is 0 Å². The van der Waals surface area contributed by atoms with Crippen LogP contribution in [-0.4, -0.2) is 36.6 Å². The van der Waals surface area contributed by atoms with E-state index in [2.05, 4.69) is 18.7 Å². The zero-order valence-electron chi connectivity index (χ0n) is 5.42. The molecule has 0 amide bonds. The topological polar surface area (TPSA) is 0 Å². The molecule has 3 aliphatic heterocycles. The number of hydrogen-bond acceptors (Lipinski definition) is 1. The van der Waals surface area contributed by atoms with Crippen LogP contribution in [0.15, 0.2) is 0 Å². The molecule has 0 radical (unpaired) electrons. The first kappa shape index (κ1) is 7.06. The third-order valence-corrected chi connectivity index (χ3v) is 14.4. The van der Waals surface area contributed by atoms with Gasteiger partial charge in [0.1, 0.15) is 0 Å². The molecule has 3 heterocycles. The number of hydrogen-bond donors (Lipinski definition) is 0. The molecule has 3 fully saturated rings. The van der Waals surface area contributed by atoms with Crippen molar-refractivity contribution in [3.05, 3.63) is 0 Å². The van der Waals surface area contributed by atoms with Gasteiger partial charge in [-0.15, -0.1) is 0 Å². The Balaban J connectivity index is 1.95. The van der Waals surface area contributed by atoms with Crippen molar-refractivity contribution in [2.75, 3.05) is 0 Å². The van der Waals surface area contributed by atoms with E-state index in [1.807, 2.05) is 0 Å². The fourth-order valence-corrected chi connectivity index (χ4v) is 16.3. The summed E-state index contributed by atoms with van der Waals surface area (Å²) < 4.78 is 2.10. The second kappa shape index (κ2) is 2.46. The standard InChI is InChI=1S/C6H10SSe2/c1-2-3-6-7-5(9-6)4-8-6/h5H,2-4H2,1H3. The summed E-state index contributed by atoms with van der Waals surface area (Å²) in [5.74, 6) is 0. The van der Waals surface area contributed by atoms with Gasteiger partial charge in [0, 0.05) is 0 Å². The van der Waals surface area contributed by atoms with E-state index in [1.165, 1.54) is 17.0 Å². The summed E-state index contributed by atoms with van der Waals surface area (Å²) in [5, 5.41) is 1.61. The van der Waals surface area contributed by atoms with Crippen LogP contribution >= 0.6 is 11.8 Å². The maximum absolute atomic E-state index is 2.33. The molecule has 0 N–H and O–H groups in total. The van der Waals surface area contributed by atoms with Crippen molar-refractivity contribution >= 4 is 41.7 Å². The minimum absolute atomic E-state index is 0.930. The van der Waals surface area contributed by atoms with Gasteiger partial charge in [0.15, 0.2) is 0 Å². The van der Waals surface area contributed by atoms with Gasteiger partial charge >= 0.3 is 73.5 Å². The third kappa shape index (κ3) is 1.12. The molecule has 3 rings (SSSR count). The normalized spacial score (nSPS) is 47.0. The molecule has 0 aromatic heterocycles. The first-order valence-electron chi connectivity index (χ1n) is 3.34. The van der Waals surface area contributed by atoms with E-state index in [1.54, 1.807) is 5.32 Å². The minimum atomic E-state index is 0.930. The van der Waals surface area contributed by atoms with Crippen LogP contribution in [0.25, 0.3) is 0 Å². The quantitative estimate of drug-likeness (QED) is 0.684. The van der Waals surface area contributed by atoms with E-state index in [-0.39, 0.29) is 0 Å². The Labute approximate surface area is 73.2 Å². The van der Waals surface area contributed by atoms with Crippen molar-refractivity contribution in [2.45, 2.75) is 31.8 Å². The molecule has 52 valence electrons. The van der Waals surface area contributed by atoms with E-state index in [0.29, 0.717) is 0 Å². The van der Waals surface area contributed by atoms with Crippen molar-refractivity contribution in [3.8, 4) is 0 Å². The predicted octanol–water partition coefficient (Wildman–Crippen LogP) is 1.35. The van der Waals surface area contributed by atoms with Crippen LogP contribution in [0.3, 0.4) is 0 Å². The molecule has 3 saturated heterocycles. The second-order valence-corrected chi connectivity index (χ2v) is 13.0. The first-order valence-corrected chi connectivity index (χ1v) is 8.13. The monoisotopic (exact) mass is 274 g/mol. The molecular formula is C6H10SSe2. The van der Waals surface area contributed by atoms with Crippen molar-refractivity contribution in [3.63, 3.8) is 0 Å². The van der Waals surface area contributed by atoms with Gasteiger partial charge in [0.2, 0.25) is 0 Å². The van der Waals surface area contributed by atoms with Crippen LogP contribution in [0.5, 0.6) is 0 Å². The molecule has 0 aromatic rings. The molecule has 0 nitrogen and oxygen atoms in total. The molecule has 3 aliphatic rings. The summed E-state index contributed by atoms with van der Waals surface area (Å²) >= 11 is 4.43. The molecule has 3 heteroatoms. The summed E-state index contributed by atoms with van der Waals surface area (Å²) in [4.78, 5) is 0. The number of thioether (sulfide) groups is 1. The molecule has 2 unspecified atom stereocenters. The van der Waals surface area contributed by atoms with E-state index in [9.17, 15) is 0 Å². The maximum atomic E-state index is 2.33. The number of rotatable bonds is 2. The SMILES string of the molecule is CCCC12SC(C[Se]1)[Se]2. The van der Waals surface area contributed by atoms with Gasteiger partial charge in [0.05, 0.1) is 0 Å². The Morgan fingerprint density at radius 1 is 1.78 bits per heavy atom. The van der Waals surface area contributed by atoms with Crippen LogP contribution in [0.1, 0.15) is 19.8 Å². The van der Waals surface area contributed by atoms with Gasteiger partial charge in [-0.1, -0.05) is 0 Å². The average Bonchev–Trinajstić information content (AvgIpc) is 2.22. The van der Waals surface area contributed by atoms with Crippen LogP contribution in [0.4, 0.5) is 0 Å². The van der Waals surface area contributed by atoms with Crippen LogP contribution < -0.4 is 0 Å². The average molecular weight is 272 g/mol. The van der Waals surface area contributed by atoms with Crippen molar-refractivity contribution < 1.29 is 0 Å². The fraction of sp³-hybridized carbons (Fsp3) is 1.00. The molecule has 2 atom stereocenters. The number of fused-ring (bicyclic) bond motifs is 1. The summed E-state index contributed by atoms with van der Waals surface area (Å²) in [7, 11) is 0. The Hall–Kier alpha value is 1.39. The van der Waals surface area contributed by atoms with Crippen LogP contribution in [-0.2, 0) is 0 Å². The Morgan fingerprint density at radius 3 is 3.00 bits per heavy atom. The first-order chi connectivity index (χ1) is 4.35. The Bertz CT molecular complexity index is 115. The summed E-state index contributed by atoms with van der Waals surface area (Å²) in [6, 6.07) is 0. The molecule has 2 bridgehead atoms. The van der Waals surface area contributed by atoms with E-state index < -0.39 is 0 Å². The predicted molar refractivity (Wildman–Crippen MR) is 45.3 cm³/mol. The molecule has 0 aromatic carbocycles. The molecule has 0 aliphatic carbocycles. The molecular weight excluding hydrogens is 262 g/mol. The van der Waals surface area contributed by atoms with Gasteiger partial charge < -0.3 is 0 Å². The van der Waals surface area contributed by atoms with Crippen molar-refractivity contribution in [1.82, 2.24) is 0 Å². The van der Waals surface area contributed by atoms with Crippen molar-refractivity contribution in [1.29, 1.82) is 0 Å². The molecule has 9 heavy (non-hydrogen) atoms. The van der Waals surface area contributed by atoms with E-state index in [4.69, 9.17) is 0 Å². The zero-order valence-corrected chi connectivity index (χ0v) is 9.67. The molecule has 0 saturated carbocycles. The van der Waals surface area contributed by atoms with Gasteiger partial charge in [0.25, 0.3) is 0 Å². The van der Waals surface area contributed by atoms with Gasteiger partial charge in [-0.25, -0.2) is 0 Å². The van der Waals surface area contributed by atoms with Crippen molar-refractivity contribution in [2.24, 2.45) is 0 Å². The fourth-order valence-electron chi connectivity index (χ4n) is 1.24.